The highest BCUT2D eigenvalue weighted by atomic mass is 19.1. The summed E-state index contributed by atoms with van der Waals surface area (Å²) in [6, 6.07) is 5.81. The molecular weight excluding hydrogens is 290 g/mol. The molecule has 122 valence electrons. The SMILES string of the molecule is NCCCCCCNC(=O)C(F)c1ccccc1OB(O)O. The second-order valence-electron chi connectivity index (χ2n) is 4.84. The van der Waals surface area contributed by atoms with Crippen molar-refractivity contribution in [3.05, 3.63) is 29.8 Å². The van der Waals surface area contributed by atoms with Crippen LogP contribution in [0.1, 0.15) is 37.4 Å². The van der Waals surface area contributed by atoms with Gasteiger partial charge in [0.2, 0.25) is 6.17 Å². The van der Waals surface area contributed by atoms with Crippen molar-refractivity contribution in [3.63, 3.8) is 0 Å². The van der Waals surface area contributed by atoms with E-state index in [1.807, 2.05) is 0 Å². The second kappa shape index (κ2) is 10.2. The van der Waals surface area contributed by atoms with E-state index in [4.69, 9.17) is 15.8 Å². The van der Waals surface area contributed by atoms with Gasteiger partial charge in [0, 0.05) is 12.1 Å². The van der Waals surface area contributed by atoms with Crippen LogP contribution >= 0.6 is 0 Å². The van der Waals surface area contributed by atoms with Crippen molar-refractivity contribution < 1.29 is 23.9 Å². The standard InChI is InChI=1S/C14H22BFN2O4/c16-13(14(19)18-10-6-2-1-5-9-17)11-7-3-4-8-12(11)22-15(20)21/h3-4,7-8,13,20-21H,1-2,5-6,9-10,17H2,(H,18,19). The minimum atomic E-state index is -2.07. The average Bonchev–Trinajstić information content (AvgIpc) is 2.50. The second-order valence-corrected chi connectivity index (χ2v) is 4.84. The lowest BCUT2D eigenvalue weighted by molar-refractivity contribution is -0.126. The van der Waals surface area contributed by atoms with E-state index in [9.17, 15) is 9.18 Å². The third-order valence-corrected chi connectivity index (χ3v) is 3.08. The van der Waals surface area contributed by atoms with Crippen LogP contribution in [0.3, 0.4) is 0 Å². The number of halogens is 1. The molecule has 0 aliphatic rings. The first-order valence-electron chi connectivity index (χ1n) is 7.30. The molecule has 0 fully saturated rings. The molecule has 0 saturated carbocycles. The summed E-state index contributed by atoms with van der Waals surface area (Å²) in [6.45, 7) is 1.03. The fourth-order valence-electron chi connectivity index (χ4n) is 1.98. The van der Waals surface area contributed by atoms with Crippen molar-refractivity contribution in [2.45, 2.75) is 31.9 Å². The minimum absolute atomic E-state index is 0.0452. The molecule has 0 saturated heterocycles. The topological polar surface area (TPSA) is 105 Å². The van der Waals surface area contributed by atoms with Crippen LogP contribution in [0, 0.1) is 0 Å². The van der Waals surface area contributed by atoms with Crippen LogP contribution in [0.25, 0.3) is 0 Å². The highest BCUT2D eigenvalue weighted by Crippen LogP contribution is 2.28. The number of para-hydroxylation sites is 1. The van der Waals surface area contributed by atoms with Crippen molar-refractivity contribution in [1.29, 1.82) is 0 Å². The van der Waals surface area contributed by atoms with Crippen molar-refractivity contribution in [3.8, 4) is 5.75 Å². The molecule has 0 spiro atoms. The molecule has 8 heteroatoms. The fraction of sp³-hybridized carbons (Fsp3) is 0.500. The summed E-state index contributed by atoms with van der Waals surface area (Å²) in [7, 11) is -2.07. The first-order chi connectivity index (χ1) is 10.6. The number of amides is 1. The van der Waals surface area contributed by atoms with Crippen molar-refractivity contribution in [2.75, 3.05) is 13.1 Å². The lowest BCUT2D eigenvalue weighted by Gasteiger charge is -2.14. The molecular formula is C14H22BFN2O4. The number of carbonyl (C=O) groups excluding carboxylic acids is 1. The fourth-order valence-corrected chi connectivity index (χ4v) is 1.98. The zero-order valence-electron chi connectivity index (χ0n) is 12.4. The van der Waals surface area contributed by atoms with E-state index in [2.05, 4.69) is 9.97 Å². The van der Waals surface area contributed by atoms with Gasteiger partial charge in [-0.05, 0) is 25.5 Å². The molecule has 0 radical (unpaired) electrons. The van der Waals surface area contributed by atoms with Gasteiger partial charge in [0.1, 0.15) is 5.75 Å². The first-order valence-corrected chi connectivity index (χ1v) is 7.30. The summed E-state index contributed by atoms with van der Waals surface area (Å²) in [6.07, 6.45) is 1.67. The molecule has 0 bridgehead atoms. The molecule has 1 aromatic rings. The van der Waals surface area contributed by atoms with Gasteiger partial charge in [-0.25, -0.2) is 4.39 Å². The van der Waals surface area contributed by atoms with Crippen molar-refractivity contribution in [2.24, 2.45) is 5.73 Å². The summed E-state index contributed by atoms with van der Waals surface area (Å²) in [5, 5.41) is 20.1. The molecule has 0 heterocycles. The number of alkyl halides is 1. The zero-order valence-corrected chi connectivity index (χ0v) is 12.4. The van der Waals surface area contributed by atoms with E-state index in [-0.39, 0.29) is 11.3 Å². The molecule has 1 aromatic carbocycles. The highest BCUT2D eigenvalue weighted by Gasteiger charge is 2.24. The van der Waals surface area contributed by atoms with Gasteiger partial charge < -0.3 is 25.8 Å². The number of hydrogen-bond donors (Lipinski definition) is 4. The Kier molecular flexibility index (Phi) is 8.50. The van der Waals surface area contributed by atoms with E-state index in [0.29, 0.717) is 13.1 Å². The van der Waals surface area contributed by atoms with Gasteiger partial charge in [0.25, 0.3) is 5.91 Å². The van der Waals surface area contributed by atoms with E-state index < -0.39 is 19.4 Å². The number of nitrogens with one attached hydrogen (secondary N) is 1. The van der Waals surface area contributed by atoms with Crippen LogP contribution in [0.2, 0.25) is 0 Å². The zero-order chi connectivity index (χ0) is 16.4. The van der Waals surface area contributed by atoms with Gasteiger partial charge in [-0.2, -0.15) is 0 Å². The smallest absolute Gasteiger partial charge is 0.512 e. The molecule has 1 amide bonds. The van der Waals surface area contributed by atoms with E-state index in [1.54, 1.807) is 12.1 Å². The molecule has 1 unspecified atom stereocenters. The maximum atomic E-state index is 14.2. The minimum Gasteiger partial charge on any atom is -0.512 e. The van der Waals surface area contributed by atoms with Gasteiger partial charge >= 0.3 is 7.32 Å². The Bertz CT molecular complexity index is 462. The average molecular weight is 312 g/mol. The Hall–Kier alpha value is -1.64. The number of unbranched alkanes of at least 4 members (excludes halogenated alkanes) is 3. The number of hydrogen-bond acceptors (Lipinski definition) is 5. The summed E-state index contributed by atoms with van der Waals surface area (Å²) in [5.41, 5.74) is 5.33. The number of nitrogens with two attached hydrogens (primary N) is 1. The van der Waals surface area contributed by atoms with Gasteiger partial charge in [-0.15, -0.1) is 0 Å². The first kappa shape index (κ1) is 18.4. The van der Waals surface area contributed by atoms with Crippen LogP contribution in [-0.2, 0) is 4.79 Å². The van der Waals surface area contributed by atoms with Gasteiger partial charge in [0.15, 0.2) is 0 Å². The Morgan fingerprint density at radius 3 is 2.64 bits per heavy atom. The van der Waals surface area contributed by atoms with Crippen LogP contribution in [0.5, 0.6) is 5.75 Å². The Balaban J connectivity index is 2.49. The molecule has 0 aromatic heterocycles. The molecule has 6 nitrogen and oxygen atoms in total. The lowest BCUT2D eigenvalue weighted by Crippen LogP contribution is -2.29. The Labute approximate surface area is 129 Å². The highest BCUT2D eigenvalue weighted by molar-refractivity contribution is 6.33. The normalized spacial score (nSPS) is 11.8. The Morgan fingerprint density at radius 1 is 1.27 bits per heavy atom. The monoisotopic (exact) mass is 312 g/mol. The molecule has 0 aliphatic heterocycles. The predicted molar refractivity (Wildman–Crippen MR) is 81.6 cm³/mol. The Morgan fingerprint density at radius 2 is 1.95 bits per heavy atom. The van der Waals surface area contributed by atoms with Gasteiger partial charge in [0.05, 0.1) is 0 Å². The number of carbonyl (C=O) groups is 1. The molecule has 22 heavy (non-hydrogen) atoms. The quantitative estimate of drug-likeness (QED) is 0.376. The predicted octanol–water partition coefficient (Wildman–Crippen LogP) is 0.681. The molecule has 0 aliphatic carbocycles. The largest absolute Gasteiger partial charge is 0.707 e. The van der Waals surface area contributed by atoms with E-state index in [1.165, 1.54) is 12.1 Å². The summed E-state index contributed by atoms with van der Waals surface area (Å²) < 4.78 is 18.9. The maximum absolute atomic E-state index is 14.2. The summed E-state index contributed by atoms with van der Waals surface area (Å²) in [4.78, 5) is 11.8. The van der Waals surface area contributed by atoms with Crippen LogP contribution in [0.4, 0.5) is 4.39 Å². The summed E-state index contributed by atoms with van der Waals surface area (Å²) in [5.74, 6) is -0.856. The van der Waals surface area contributed by atoms with Crippen molar-refractivity contribution in [1.82, 2.24) is 5.32 Å². The number of rotatable bonds is 10. The maximum Gasteiger partial charge on any atom is 0.707 e. The number of benzene rings is 1. The van der Waals surface area contributed by atoms with E-state index in [0.717, 1.165) is 25.7 Å². The van der Waals surface area contributed by atoms with Gasteiger partial charge in [-0.3, -0.25) is 4.79 Å². The lowest BCUT2D eigenvalue weighted by atomic mass is 10.1. The van der Waals surface area contributed by atoms with E-state index >= 15 is 0 Å². The van der Waals surface area contributed by atoms with Gasteiger partial charge in [-0.1, -0.05) is 31.0 Å². The van der Waals surface area contributed by atoms with Crippen LogP contribution < -0.4 is 15.7 Å². The molecule has 1 atom stereocenters. The summed E-state index contributed by atoms with van der Waals surface area (Å²) >= 11 is 0. The molecule has 1 rings (SSSR count). The van der Waals surface area contributed by atoms with Crippen LogP contribution in [-0.4, -0.2) is 36.4 Å². The third-order valence-electron chi connectivity index (χ3n) is 3.08. The van der Waals surface area contributed by atoms with Crippen LogP contribution in [0.15, 0.2) is 24.3 Å². The van der Waals surface area contributed by atoms with Crippen molar-refractivity contribution >= 4 is 13.2 Å². The molecule has 5 N–H and O–H groups in total. The third kappa shape index (κ3) is 6.42.